The van der Waals surface area contributed by atoms with Gasteiger partial charge in [0.15, 0.2) is 5.82 Å². The molecule has 0 saturated carbocycles. The zero-order valence-corrected chi connectivity index (χ0v) is 20.7. The third-order valence-electron chi connectivity index (χ3n) is 7.46. The fourth-order valence-electron chi connectivity index (χ4n) is 5.79. The van der Waals surface area contributed by atoms with Crippen molar-refractivity contribution in [2.45, 2.75) is 0 Å². The molecule has 0 amide bonds. The number of methoxy groups -OCH3 is 1. The highest BCUT2D eigenvalue weighted by atomic mass is 16.5. The smallest absolute Gasteiger partial charge is 0.156 e. The Balaban J connectivity index is 1.59. The van der Waals surface area contributed by atoms with E-state index in [0.29, 0.717) is 0 Å². The molecule has 8 rings (SSSR count). The zero-order chi connectivity index (χ0) is 25.2. The van der Waals surface area contributed by atoms with Crippen molar-refractivity contribution in [2.75, 3.05) is 7.11 Å². The second kappa shape index (κ2) is 7.92. The minimum atomic E-state index is 0.800. The van der Waals surface area contributed by atoms with Crippen LogP contribution in [0.25, 0.3) is 66.2 Å². The quantitative estimate of drug-likeness (QED) is 0.253. The van der Waals surface area contributed by atoms with E-state index in [1.54, 1.807) is 7.11 Å². The van der Waals surface area contributed by atoms with E-state index in [-0.39, 0.29) is 0 Å². The lowest BCUT2D eigenvalue weighted by Gasteiger charge is -2.12. The fraction of sp³-hybridized carbons (Fsp3) is 0.0303. The lowest BCUT2D eigenvalue weighted by Crippen LogP contribution is -2.01. The Morgan fingerprint density at radius 3 is 1.82 bits per heavy atom. The number of ether oxygens (including phenoxy) is 1. The maximum Gasteiger partial charge on any atom is 0.156 e. The van der Waals surface area contributed by atoms with Crippen LogP contribution in [0.15, 0.2) is 115 Å². The van der Waals surface area contributed by atoms with Gasteiger partial charge in [-0.25, -0.2) is 4.98 Å². The van der Waals surface area contributed by atoms with Gasteiger partial charge in [0.1, 0.15) is 5.75 Å². The fourth-order valence-corrected chi connectivity index (χ4v) is 5.79. The van der Waals surface area contributed by atoms with Gasteiger partial charge < -0.3 is 9.30 Å². The number of rotatable bonds is 3. The molecule has 8 aromatic rings. The molecule has 0 N–H and O–H groups in total. The average Bonchev–Trinajstić information content (AvgIpc) is 3.50. The normalized spacial score (nSPS) is 11.8. The minimum Gasteiger partial charge on any atom is -0.497 e. The molecular formula is C33H22N4O. The summed E-state index contributed by atoms with van der Waals surface area (Å²) in [4.78, 5) is 9.85. The lowest BCUT2D eigenvalue weighted by molar-refractivity contribution is 0.415. The van der Waals surface area contributed by atoms with Crippen LogP contribution in [-0.4, -0.2) is 26.2 Å². The summed E-state index contributed by atoms with van der Waals surface area (Å²) < 4.78 is 10.1. The molecule has 3 aromatic heterocycles. The van der Waals surface area contributed by atoms with Crippen molar-refractivity contribution in [3.8, 4) is 17.3 Å². The Hall–Kier alpha value is -5.16. The highest BCUT2D eigenvalue weighted by Gasteiger charge is 2.21. The summed E-state index contributed by atoms with van der Waals surface area (Å²) in [6.07, 6.45) is 1.88. The highest BCUT2D eigenvalue weighted by molar-refractivity contribution is 6.23. The molecule has 0 atom stereocenters. The monoisotopic (exact) mass is 490 g/mol. The molecule has 0 aliphatic rings. The predicted octanol–water partition coefficient (Wildman–Crippen LogP) is 7.83. The number of nitrogens with zero attached hydrogens (tertiary/aromatic N) is 4. The SMILES string of the molecule is COc1ccc(-n2c3ccccc3c3ccc4c5ccccc5n(-c5cnc6ccccc6n5)c4c32)cc1. The maximum atomic E-state index is 5.46. The molecule has 0 aliphatic heterocycles. The van der Waals surface area contributed by atoms with E-state index in [9.17, 15) is 0 Å². The van der Waals surface area contributed by atoms with Crippen molar-refractivity contribution in [3.05, 3.63) is 115 Å². The number of aromatic nitrogens is 4. The Bertz CT molecular complexity index is 2170. The standard InChI is InChI=1S/C33H22N4O/c1-38-22-16-14-21(15-17-22)36-29-12-6-2-8-23(29)25-18-19-26-24-9-3-7-13-30(24)37(33(26)32(25)36)31-20-34-27-10-4-5-11-28(27)35-31/h2-20H,1H3. The molecule has 0 unspecified atom stereocenters. The molecule has 5 nitrogen and oxygen atoms in total. The van der Waals surface area contributed by atoms with E-state index in [4.69, 9.17) is 14.7 Å². The van der Waals surface area contributed by atoms with Crippen LogP contribution in [-0.2, 0) is 0 Å². The number of hydrogen-bond acceptors (Lipinski definition) is 3. The second-order valence-corrected chi connectivity index (χ2v) is 9.48. The van der Waals surface area contributed by atoms with Crippen molar-refractivity contribution in [2.24, 2.45) is 0 Å². The average molecular weight is 491 g/mol. The zero-order valence-electron chi connectivity index (χ0n) is 20.7. The second-order valence-electron chi connectivity index (χ2n) is 9.48. The van der Waals surface area contributed by atoms with Gasteiger partial charge in [0.2, 0.25) is 0 Å². The van der Waals surface area contributed by atoms with Crippen LogP contribution in [0.4, 0.5) is 0 Å². The van der Waals surface area contributed by atoms with Gasteiger partial charge in [-0.05, 0) is 48.5 Å². The molecule has 0 aliphatic carbocycles. The van der Waals surface area contributed by atoms with Crippen molar-refractivity contribution < 1.29 is 4.74 Å². The van der Waals surface area contributed by atoms with Crippen molar-refractivity contribution in [1.29, 1.82) is 0 Å². The van der Waals surface area contributed by atoms with Crippen LogP contribution in [0, 0.1) is 0 Å². The molecule has 0 bridgehead atoms. The Morgan fingerprint density at radius 2 is 1.13 bits per heavy atom. The Morgan fingerprint density at radius 1 is 0.553 bits per heavy atom. The summed E-state index contributed by atoms with van der Waals surface area (Å²) in [6.45, 7) is 0. The van der Waals surface area contributed by atoms with E-state index in [1.807, 2.05) is 42.6 Å². The van der Waals surface area contributed by atoms with Gasteiger partial charge in [-0.1, -0.05) is 60.7 Å². The van der Waals surface area contributed by atoms with Crippen LogP contribution in [0.5, 0.6) is 5.75 Å². The largest absolute Gasteiger partial charge is 0.497 e. The van der Waals surface area contributed by atoms with Crippen molar-refractivity contribution in [1.82, 2.24) is 19.1 Å². The van der Waals surface area contributed by atoms with E-state index >= 15 is 0 Å². The molecule has 38 heavy (non-hydrogen) atoms. The Labute approximate surface area is 218 Å². The van der Waals surface area contributed by atoms with Gasteiger partial charge in [-0.15, -0.1) is 0 Å². The lowest BCUT2D eigenvalue weighted by atomic mass is 10.1. The van der Waals surface area contributed by atoms with Crippen LogP contribution in [0.2, 0.25) is 0 Å². The topological polar surface area (TPSA) is 44.9 Å². The van der Waals surface area contributed by atoms with Gasteiger partial charge in [-0.2, -0.15) is 0 Å². The first-order valence-electron chi connectivity index (χ1n) is 12.6. The predicted molar refractivity (Wildman–Crippen MR) is 155 cm³/mol. The number of benzene rings is 5. The summed E-state index contributed by atoms with van der Waals surface area (Å²) >= 11 is 0. The molecule has 180 valence electrons. The van der Waals surface area contributed by atoms with E-state index in [2.05, 4.69) is 81.9 Å². The van der Waals surface area contributed by atoms with Crippen LogP contribution >= 0.6 is 0 Å². The van der Waals surface area contributed by atoms with Crippen LogP contribution in [0.3, 0.4) is 0 Å². The van der Waals surface area contributed by atoms with Gasteiger partial charge in [-0.3, -0.25) is 9.55 Å². The maximum absolute atomic E-state index is 5.46. The third-order valence-corrected chi connectivity index (χ3v) is 7.46. The highest BCUT2D eigenvalue weighted by Crippen LogP contribution is 2.41. The molecule has 0 spiro atoms. The first-order valence-corrected chi connectivity index (χ1v) is 12.6. The van der Waals surface area contributed by atoms with E-state index < -0.39 is 0 Å². The number of fused-ring (bicyclic) bond motifs is 8. The molecule has 0 saturated heterocycles. The molecule has 5 heteroatoms. The van der Waals surface area contributed by atoms with Gasteiger partial charge in [0.05, 0.1) is 46.4 Å². The number of para-hydroxylation sites is 4. The van der Waals surface area contributed by atoms with Gasteiger partial charge >= 0.3 is 0 Å². The summed E-state index contributed by atoms with van der Waals surface area (Å²) in [5, 5.41) is 4.77. The summed E-state index contributed by atoms with van der Waals surface area (Å²) in [6, 6.07) is 37.9. The molecule has 0 fully saturated rings. The van der Waals surface area contributed by atoms with E-state index in [0.717, 1.165) is 50.4 Å². The molecule has 5 aromatic carbocycles. The molecule has 3 heterocycles. The van der Waals surface area contributed by atoms with Gasteiger partial charge in [0.25, 0.3) is 0 Å². The molecule has 0 radical (unpaired) electrons. The summed E-state index contributed by atoms with van der Waals surface area (Å²) in [5.41, 5.74) is 7.34. The first kappa shape index (κ1) is 21.0. The first-order chi connectivity index (χ1) is 18.8. The van der Waals surface area contributed by atoms with Crippen LogP contribution in [0.1, 0.15) is 0 Å². The van der Waals surface area contributed by atoms with Crippen molar-refractivity contribution >= 4 is 54.6 Å². The summed E-state index contributed by atoms with van der Waals surface area (Å²) in [7, 11) is 1.70. The molecular weight excluding hydrogens is 468 g/mol. The minimum absolute atomic E-state index is 0.800. The third kappa shape index (κ3) is 2.87. The summed E-state index contributed by atoms with van der Waals surface area (Å²) in [5.74, 6) is 1.63. The van der Waals surface area contributed by atoms with Gasteiger partial charge in [0, 0.05) is 27.2 Å². The Kier molecular flexibility index (Phi) is 4.37. The van der Waals surface area contributed by atoms with Crippen LogP contribution < -0.4 is 4.74 Å². The van der Waals surface area contributed by atoms with E-state index in [1.165, 1.54) is 21.5 Å². The van der Waals surface area contributed by atoms with Crippen molar-refractivity contribution in [3.63, 3.8) is 0 Å². The number of hydrogen-bond donors (Lipinski definition) is 0.